The first kappa shape index (κ1) is 14.9. The molecular formula is C15H10F4N2. The minimum Gasteiger partial charge on any atom is -0.374 e. The summed E-state index contributed by atoms with van der Waals surface area (Å²) in [6, 6.07) is 7.75. The van der Waals surface area contributed by atoms with Gasteiger partial charge in [0, 0.05) is 12.1 Å². The van der Waals surface area contributed by atoms with Crippen molar-refractivity contribution in [3.63, 3.8) is 0 Å². The van der Waals surface area contributed by atoms with Gasteiger partial charge < -0.3 is 5.32 Å². The van der Waals surface area contributed by atoms with E-state index in [0.29, 0.717) is 11.1 Å². The minimum atomic E-state index is -1.49. The summed E-state index contributed by atoms with van der Waals surface area (Å²) < 4.78 is 53.4. The van der Waals surface area contributed by atoms with Gasteiger partial charge >= 0.3 is 0 Å². The molecule has 1 atom stereocenters. The molecular weight excluding hydrogens is 284 g/mol. The van der Waals surface area contributed by atoms with Gasteiger partial charge in [0.2, 0.25) is 0 Å². The lowest BCUT2D eigenvalue weighted by molar-refractivity contribution is 0.457. The van der Waals surface area contributed by atoms with Crippen molar-refractivity contribution >= 4 is 5.69 Å². The lowest BCUT2D eigenvalue weighted by Crippen LogP contribution is -2.11. The van der Waals surface area contributed by atoms with Gasteiger partial charge in [-0.15, -0.1) is 0 Å². The molecule has 0 bridgehead atoms. The van der Waals surface area contributed by atoms with E-state index in [2.05, 4.69) is 5.32 Å². The zero-order chi connectivity index (χ0) is 15.6. The number of nitrogens with zero attached hydrogens (tertiary/aromatic N) is 1. The van der Waals surface area contributed by atoms with E-state index >= 15 is 0 Å². The van der Waals surface area contributed by atoms with Gasteiger partial charge in [-0.1, -0.05) is 12.1 Å². The number of halogens is 4. The lowest BCUT2D eigenvalue weighted by atomic mass is 10.1. The molecule has 6 heteroatoms. The van der Waals surface area contributed by atoms with Gasteiger partial charge in [-0.3, -0.25) is 0 Å². The normalized spacial score (nSPS) is 11.8. The van der Waals surface area contributed by atoms with Crippen LogP contribution in [0.1, 0.15) is 24.1 Å². The maximum atomic E-state index is 13.6. The third-order valence-corrected chi connectivity index (χ3v) is 2.99. The summed E-state index contributed by atoms with van der Waals surface area (Å²) >= 11 is 0. The molecule has 0 aliphatic heterocycles. The largest absolute Gasteiger partial charge is 0.374 e. The zero-order valence-corrected chi connectivity index (χ0v) is 10.9. The van der Waals surface area contributed by atoms with Crippen LogP contribution >= 0.6 is 0 Å². The van der Waals surface area contributed by atoms with Crippen LogP contribution in [0, 0.1) is 34.6 Å². The van der Waals surface area contributed by atoms with E-state index in [1.54, 1.807) is 25.1 Å². The fourth-order valence-corrected chi connectivity index (χ4v) is 1.88. The number of rotatable bonds is 3. The van der Waals surface area contributed by atoms with Gasteiger partial charge in [0.05, 0.1) is 11.6 Å². The molecule has 108 valence electrons. The van der Waals surface area contributed by atoms with Crippen LogP contribution in [0.15, 0.2) is 30.3 Å². The maximum absolute atomic E-state index is 13.6. The van der Waals surface area contributed by atoms with Gasteiger partial charge in [0.15, 0.2) is 23.3 Å². The predicted molar refractivity (Wildman–Crippen MR) is 69.5 cm³/mol. The smallest absolute Gasteiger partial charge is 0.185 e. The fraction of sp³-hybridized carbons (Fsp3) is 0.133. The second kappa shape index (κ2) is 5.83. The van der Waals surface area contributed by atoms with Crippen LogP contribution < -0.4 is 5.32 Å². The third-order valence-electron chi connectivity index (χ3n) is 2.99. The van der Waals surface area contributed by atoms with Crippen LogP contribution in [-0.4, -0.2) is 0 Å². The van der Waals surface area contributed by atoms with E-state index in [0.717, 1.165) is 0 Å². The Morgan fingerprint density at radius 3 is 2.24 bits per heavy atom. The van der Waals surface area contributed by atoms with Crippen molar-refractivity contribution in [2.45, 2.75) is 13.0 Å². The van der Waals surface area contributed by atoms with Crippen molar-refractivity contribution in [1.29, 1.82) is 5.26 Å². The summed E-state index contributed by atoms with van der Waals surface area (Å²) in [4.78, 5) is 0. The first-order valence-corrected chi connectivity index (χ1v) is 6.03. The topological polar surface area (TPSA) is 35.8 Å². The number of hydrogen-bond donors (Lipinski definition) is 1. The third kappa shape index (κ3) is 2.97. The molecule has 1 N–H and O–H groups in total. The minimum absolute atomic E-state index is 0.150. The molecule has 0 heterocycles. The standard InChI is InChI=1S/C15H10F4N2/c1-8(10-4-2-3-9(5-10)7-20)21-15-13(18)11(16)6-12(17)14(15)19/h2-6,8,21H,1H3. The Labute approximate surface area is 118 Å². The van der Waals surface area contributed by atoms with E-state index < -0.39 is 35.0 Å². The lowest BCUT2D eigenvalue weighted by Gasteiger charge is -2.17. The summed E-state index contributed by atoms with van der Waals surface area (Å²) in [5.74, 6) is -5.93. The van der Waals surface area contributed by atoms with Crippen LogP contribution in [0.2, 0.25) is 0 Å². The van der Waals surface area contributed by atoms with Crippen LogP contribution in [0.4, 0.5) is 23.2 Å². The summed E-state index contributed by atoms with van der Waals surface area (Å²) in [5, 5.41) is 11.2. The summed E-state index contributed by atoms with van der Waals surface area (Å²) in [6.45, 7) is 1.55. The molecule has 0 radical (unpaired) electrons. The molecule has 21 heavy (non-hydrogen) atoms. The highest BCUT2D eigenvalue weighted by molar-refractivity contribution is 5.49. The zero-order valence-electron chi connectivity index (χ0n) is 10.9. The van der Waals surface area contributed by atoms with Crippen molar-refractivity contribution in [1.82, 2.24) is 0 Å². The number of anilines is 1. The number of hydrogen-bond acceptors (Lipinski definition) is 2. The van der Waals surface area contributed by atoms with Gasteiger partial charge in [0.25, 0.3) is 0 Å². The van der Waals surface area contributed by atoms with Gasteiger partial charge in [-0.2, -0.15) is 5.26 Å². The molecule has 0 spiro atoms. The monoisotopic (exact) mass is 294 g/mol. The highest BCUT2D eigenvalue weighted by Gasteiger charge is 2.20. The molecule has 2 aromatic rings. The van der Waals surface area contributed by atoms with E-state index in [9.17, 15) is 17.6 Å². The van der Waals surface area contributed by atoms with Crippen molar-refractivity contribution in [2.24, 2.45) is 0 Å². The fourth-order valence-electron chi connectivity index (χ4n) is 1.88. The maximum Gasteiger partial charge on any atom is 0.185 e. The van der Waals surface area contributed by atoms with Crippen LogP contribution in [-0.2, 0) is 0 Å². The molecule has 0 saturated heterocycles. The van der Waals surface area contributed by atoms with E-state index in [-0.39, 0.29) is 6.07 Å². The van der Waals surface area contributed by atoms with E-state index in [4.69, 9.17) is 5.26 Å². The average molecular weight is 294 g/mol. The molecule has 2 nitrogen and oxygen atoms in total. The predicted octanol–water partition coefficient (Wildman–Crippen LogP) is 4.29. The average Bonchev–Trinajstić information content (AvgIpc) is 2.49. The molecule has 0 aromatic heterocycles. The Bertz CT molecular complexity index is 696. The summed E-state index contributed by atoms with van der Waals surface area (Å²) in [6.07, 6.45) is 0. The van der Waals surface area contributed by atoms with Crippen molar-refractivity contribution in [3.05, 3.63) is 64.7 Å². The quantitative estimate of drug-likeness (QED) is 0.677. The SMILES string of the molecule is CC(Nc1c(F)c(F)cc(F)c1F)c1cccc(C#N)c1. The summed E-state index contributed by atoms with van der Waals surface area (Å²) in [5.41, 5.74) is 0.0485. The molecule has 0 aliphatic carbocycles. The van der Waals surface area contributed by atoms with Crippen LogP contribution in [0.3, 0.4) is 0 Å². The Balaban J connectivity index is 2.36. The van der Waals surface area contributed by atoms with Gasteiger partial charge in [0.1, 0.15) is 5.69 Å². The highest BCUT2D eigenvalue weighted by Crippen LogP contribution is 2.28. The van der Waals surface area contributed by atoms with Crippen LogP contribution in [0.5, 0.6) is 0 Å². The highest BCUT2D eigenvalue weighted by atomic mass is 19.2. The Morgan fingerprint density at radius 1 is 1.05 bits per heavy atom. The van der Waals surface area contributed by atoms with Crippen molar-refractivity contribution in [2.75, 3.05) is 5.32 Å². The molecule has 2 rings (SSSR count). The van der Waals surface area contributed by atoms with E-state index in [1.807, 2.05) is 6.07 Å². The summed E-state index contributed by atoms with van der Waals surface area (Å²) in [7, 11) is 0. The second-order valence-electron chi connectivity index (χ2n) is 4.45. The molecule has 1 unspecified atom stereocenters. The van der Waals surface area contributed by atoms with Crippen molar-refractivity contribution in [3.8, 4) is 6.07 Å². The number of nitriles is 1. The first-order chi connectivity index (χ1) is 9.93. The van der Waals surface area contributed by atoms with Crippen LogP contribution in [0.25, 0.3) is 0 Å². The molecule has 0 fully saturated rings. The molecule has 2 aromatic carbocycles. The molecule has 0 amide bonds. The molecule has 0 aliphatic rings. The van der Waals surface area contributed by atoms with Crippen molar-refractivity contribution < 1.29 is 17.6 Å². The van der Waals surface area contributed by atoms with Gasteiger partial charge in [-0.25, -0.2) is 17.6 Å². The van der Waals surface area contributed by atoms with Gasteiger partial charge in [-0.05, 0) is 24.6 Å². The van der Waals surface area contributed by atoms with E-state index in [1.165, 1.54) is 6.07 Å². The Hall–Kier alpha value is -2.55. The first-order valence-electron chi connectivity index (χ1n) is 6.03. The second-order valence-corrected chi connectivity index (χ2v) is 4.45. The Morgan fingerprint density at radius 2 is 1.67 bits per heavy atom. The number of nitrogens with one attached hydrogen (secondary N) is 1. The Kier molecular flexibility index (Phi) is 4.13. The number of benzene rings is 2. The molecule has 0 saturated carbocycles.